The minimum Gasteiger partial charge on any atom is -0.481 e. The van der Waals surface area contributed by atoms with E-state index in [4.69, 9.17) is 9.47 Å². The van der Waals surface area contributed by atoms with Crippen LogP contribution in [0.2, 0.25) is 0 Å². The zero-order chi connectivity index (χ0) is 19.9. The molecule has 0 radical (unpaired) electrons. The number of para-hydroxylation sites is 1. The highest BCUT2D eigenvalue weighted by molar-refractivity contribution is 5.94. The van der Waals surface area contributed by atoms with Crippen molar-refractivity contribution in [3.05, 3.63) is 89.0 Å². The van der Waals surface area contributed by atoms with E-state index in [0.29, 0.717) is 17.2 Å². The molecule has 7 heteroatoms. The monoisotopic (exact) mass is 378 g/mol. The largest absolute Gasteiger partial charge is 0.481 e. The van der Waals surface area contributed by atoms with E-state index in [2.05, 4.69) is 5.32 Å². The van der Waals surface area contributed by atoms with E-state index in [0.717, 1.165) is 5.75 Å². The number of nitro groups is 1. The number of carbonyl (C=O) groups is 1. The molecule has 28 heavy (non-hydrogen) atoms. The molecule has 0 fully saturated rings. The number of rotatable bonds is 7. The normalized spacial score (nSPS) is 11.3. The van der Waals surface area contributed by atoms with Crippen LogP contribution in [0.25, 0.3) is 0 Å². The lowest BCUT2D eigenvalue weighted by Gasteiger charge is -2.15. The number of benzene rings is 3. The van der Waals surface area contributed by atoms with E-state index < -0.39 is 11.0 Å². The first-order chi connectivity index (χ1) is 13.5. The summed E-state index contributed by atoms with van der Waals surface area (Å²) < 4.78 is 11.3. The standard InChI is InChI=1S/C21H18N2O5/c1-15(21(24)22-16-7-9-17(10-8-16)23(25)26)27-19-11-13-20(14-12-19)28-18-5-3-2-4-6-18/h2-15H,1H3,(H,22,24). The summed E-state index contributed by atoms with van der Waals surface area (Å²) in [7, 11) is 0. The summed E-state index contributed by atoms with van der Waals surface area (Å²) in [5, 5.41) is 13.3. The third kappa shape index (κ3) is 5.07. The summed E-state index contributed by atoms with van der Waals surface area (Å²) in [6.07, 6.45) is -0.754. The van der Waals surface area contributed by atoms with Gasteiger partial charge in [0, 0.05) is 17.8 Å². The van der Waals surface area contributed by atoms with Gasteiger partial charge in [0.1, 0.15) is 17.2 Å². The van der Waals surface area contributed by atoms with Crippen molar-refractivity contribution >= 4 is 17.3 Å². The molecule has 0 bridgehead atoms. The molecule has 0 aromatic heterocycles. The molecule has 0 saturated carbocycles. The van der Waals surface area contributed by atoms with Gasteiger partial charge in [-0.15, -0.1) is 0 Å². The van der Waals surface area contributed by atoms with Crippen LogP contribution in [0.4, 0.5) is 11.4 Å². The van der Waals surface area contributed by atoms with Crippen molar-refractivity contribution in [2.24, 2.45) is 0 Å². The molecule has 3 aromatic carbocycles. The second-order valence-electron chi connectivity index (χ2n) is 5.94. The van der Waals surface area contributed by atoms with E-state index in [1.165, 1.54) is 24.3 Å². The number of anilines is 1. The molecule has 0 aliphatic carbocycles. The van der Waals surface area contributed by atoms with Crippen molar-refractivity contribution < 1.29 is 19.2 Å². The Morgan fingerprint density at radius 3 is 2.07 bits per heavy atom. The quantitative estimate of drug-likeness (QED) is 0.471. The summed E-state index contributed by atoms with van der Waals surface area (Å²) in [5.74, 6) is 1.54. The molecule has 1 unspecified atom stereocenters. The number of hydrogen-bond acceptors (Lipinski definition) is 5. The van der Waals surface area contributed by atoms with Gasteiger partial charge in [-0.05, 0) is 55.5 Å². The predicted octanol–water partition coefficient (Wildman–Crippen LogP) is 4.79. The molecule has 1 atom stereocenters. The van der Waals surface area contributed by atoms with Crippen molar-refractivity contribution in [2.45, 2.75) is 13.0 Å². The van der Waals surface area contributed by atoms with E-state index in [-0.39, 0.29) is 11.6 Å². The number of nitrogens with one attached hydrogen (secondary N) is 1. The molecule has 0 spiro atoms. The van der Waals surface area contributed by atoms with Crippen LogP contribution in [0.1, 0.15) is 6.92 Å². The van der Waals surface area contributed by atoms with Gasteiger partial charge in [-0.2, -0.15) is 0 Å². The minimum absolute atomic E-state index is 0.0416. The van der Waals surface area contributed by atoms with Gasteiger partial charge >= 0.3 is 0 Å². The van der Waals surface area contributed by atoms with Crippen LogP contribution < -0.4 is 14.8 Å². The number of nitrogens with zero attached hydrogens (tertiary/aromatic N) is 1. The van der Waals surface area contributed by atoms with Crippen LogP contribution in [0, 0.1) is 10.1 Å². The number of hydrogen-bond donors (Lipinski definition) is 1. The van der Waals surface area contributed by atoms with Gasteiger partial charge < -0.3 is 14.8 Å². The average Bonchev–Trinajstić information content (AvgIpc) is 2.70. The van der Waals surface area contributed by atoms with Crippen molar-refractivity contribution in [1.29, 1.82) is 0 Å². The second kappa shape index (κ2) is 8.68. The molecule has 0 aliphatic rings. The van der Waals surface area contributed by atoms with Crippen molar-refractivity contribution in [3.63, 3.8) is 0 Å². The second-order valence-corrected chi connectivity index (χ2v) is 5.94. The zero-order valence-electron chi connectivity index (χ0n) is 15.1. The SMILES string of the molecule is CC(Oc1ccc(Oc2ccccc2)cc1)C(=O)Nc1ccc([N+](=O)[O-])cc1. The fourth-order valence-electron chi connectivity index (χ4n) is 2.38. The molecule has 0 aliphatic heterocycles. The number of carbonyl (C=O) groups excluding carboxylic acids is 1. The lowest BCUT2D eigenvalue weighted by Crippen LogP contribution is -2.30. The highest BCUT2D eigenvalue weighted by atomic mass is 16.6. The third-order valence-corrected chi connectivity index (χ3v) is 3.83. The van der Waals surface area contributed by atoms with E-state index in [1.807, 2.05) is 30.3 Å². The highest BCUT2D eigenvalue weighted by Gasteiger charge is 2.15. The van der Waals surface area contributed by atoms with E-state index in [9.17, 15) is 14.9 Å². The molecule has 7 nitrogen and oxygen atoms in total. The topological polar surface area (TPSA) is 90.7 Å². The van der Waals surface area contributed by atoms with Gasteiger partial charge in [0.05, 0.1) is 4.92 Å². The Kier molecular flexibility index (Phi) is 5.86. The Morgan fingerprint density at radius 2 is 1.46 bits per heavy atom. The van der Waals surface area contributed by atoms with E-state index >= 15 is 0 Å². The number of ether oxygens (including phenoxy) is 2. The molecule has 0 heterocycles. The fourth-order valence-corrected chi connectivity index (χ4v) is 2.38. The van der Waals surface area contributed by atoms with Gasteiger partial charge in [0.2, 0.25) is 0 Å². The maximum atomic E-state index is 12.2. The van der Waals surface area contributed by atoms with Crippen LogP contribution >= 0.6 is 0 Å². The van der Waals surface area contributed by atoms with Gasteiger partial charge in [-0.1, -0.05) is 18.2 Å². The Balaban J connectivity index is 1.55. The van der Waals surface area contributed by atoms with Gasteiger partial charge in [0.25, 0.3) is 11.6 Å². The smallest absolute Gasteiger partial charge is 0.269 e. The minimum atomic E-state index is -0.754. The number of amides is 1. The lowest BCUT2D eigenvalue weighted by molar-refractivity contribution is -0.384. The number of nitro benzene ring substituents is 1. The van der Waals surface area contributed by atoms with E-state index in [1.54, 1.807) is 31.2 Å². The Morgan fingerprint density at radius 1 is 0.893 bits per heavy atom. The summed E-state index contributed by atoms with van der Waals surface area (Å²) >= 11 is 0. The third-order valence-electron chi connectivity index (χ3n) is 3.83. The molecule has 0 saturated heterocycles. The first-order valence-electron chi connectivity index (χ1n) is 8.56. The summed E-state index contributed by atoms with van der Waals surface area (Å²) in [4.78, 5) is 22.4. The van der Waals surface area contributed by atoms with Gasteiger partial charge in [-0.3, -0.25) is 14.9 Å². The number of non-ortho nitro benzene ring substituents is 1. The van der Waals surface area contributed by atoms with Crippen molar-refractivity contribution in [2.75, 3.05) is 5.32 Å². The molecule has 1 N–H and O–H groups in total. The summed E-state index contributed by atoms with van der Waals surface area (Å²) in [6.45, 7) is 1.62. The van der Waals surface area contributed by atoms with Crippen LogP contribution in [-0.2, 0) is 4.79 Å². The van der Waals surface area contributed by atoms with Crippen LogP contribution in [0.5, 0.6) is 17.2 Å². The molecule has 1 amide bonds. The summed E-state index contributed by atoms with van der Waals surface area (Å²) in [6, 6.07) is 21.9. The Bertz CT molecular complexity index is 941. The van der Waals surface area contributed by atoms with Crippen LogP contribution in [-0.4, -0.2) is 16.9 Å². The van der Waals surface area contributed by atoms with Crippen LogP contribution in [0.3, 0.4) is 0 Å². The molecular formula is C21H18N2O5. The first kappa shape index (κ1) is 18.9. The van der Waals surface area contributed by atoms with Gasteiger partial charge in [-0.25, -0.2) is 0 Å². The molecule has 142 valence electrons. The lowest BCUT2D eigenvalue weighted by atomic mass is 10.2. The maximum Gasteiger partial charge on any atom is 0.269 e. The first-order valence-corrected chi connectivity index (χ1v) is 8.56. The maximum absolute atomic E-state index is 12.2. The zero-order valence-corrected chi connectivity index (χ0v) is 15.1. The average molecular weight is 378 g/mol. The molecule has 3 aromatic rings. The Labute approximate surface area is 161 Å². The van der Waals surface area contributed by atoms with Crippen molar-refractivity contribution in [1.82, 2.24) is 0 Å². The Hall–Kier alpha value is -3.87. The predicted molar refractivity (Wildman–Crippen MR) is 105 cm³/mol. The molecule has 3 rings (SSSR count). The van der Waals surface area contributed by atoms with Crippen molar-refractivity contribution in [3.8, 4) is 17.2 Å². The summed E-state index contributed by atoms with van der Waals surface area (Å²) in [5.41, 5.74) is 0.415. The molecular weight excluding hydrogens is 360 g/mol. The highest BCUT2D eigenvalue weighted by Crippen LogP contribution is 2.24. The fraction of sp³-hybridized carbons (Fsp3) is 0.0952. The van der Waals surface area contributed by atoms with Gasteiger partial charge in [0.15, 0.2) is 6.10 Å². The van der Waals surface area contributed by atoms with Crippen LogP contribution in [0.15, 0.2) is 78.9 Å².